The molecule has 2 aromatic carbocycles. The maximum atomic E-state index is 9.11. The van der Waals surface area contributed by atoms with Gasteiger partial charge in [0, 0.05) is 10.8 Å². The van der Waals surface area contributed by atoms with Gasteiger partial charge in [0.25, 0.3) is 0 Å². The van der Waals surface area contributed by atoms with Crippen LogP contribution in [-0.4, -0.2) is 12.1 Å². The lowest BCUT2D eigenvalue weighted by Crippen LogP contribution is -1.88. The summed E-state index contributed by atoms with van der Waals surface area (Å²) in [5, 5.41) is 11.0. The van der Waals surface area contributed by atoms with E-state index in [1.807, 2.05) is 37.3 Å². The quantitative estimate of drug-likeness (QED) is 0.524. The van der Waals surface area contributed by atoms with Crippen LogP contribution in [0.5, 0.6) is 5.75 Å². The molecule has 2 aromatic rings. The molecule has 0 N–H and O–H groups in total. The van der Waals surface area contributed by atoms with E-state index in [1.165, 1.54) is 0 Å². The van der Waals surface area contributed by atoms with Crippen LogP contribution >= 0.6 is 0 Å². The van der Waals surface area contributed by atoms with Gasteiger partial charge in [0.15, 0.2) is 0 Å². The largest absolute Gasteiger partial charge is 0.497 e. The fourth-order valence-electron chi connectivity index (χ4n) is 2.88. The number of hydrogen-bond donors (Lipinski definition) is 0. The van der Waals surface area contributed by atoms with Gasteiger partial charge < -0.3 is 9.15 Å². The van der Waals surface area contributed by atoms with E-state index in [4.69, 9.17) is 14.4 Å². The number of rotatable bonds is 1. The highest BCUT2D eigenvalue weighted by molar-refractivity contribution is 6.02. The Labute approximate surface area is 126 Å². The molecule has 2 heterocycles. The molecule has 0 spiro atoms. The highest BCUT2D eigenvalue weighted by atomic mass is 16.5. The molecule has 0 aromatic heterocycles. The molecule has 0 amide bonds. The summed E-state index contributed by atoms with van der Waals surface area (Å²) in [6.45, 7) is 2.04. The first-order valence-electron chi connectivity index (χ1n) is 6.92. The van der Waals surface area contributed by atoms with Crippen LogP contribution in [0.4, 0.5) is 0 Å². The SMILES string of the molecule is COc1ccc2oc3nc4ccc(C#N)cc4c-3c(C)c2c1. The molecule has 2 aliphatic rings. The van der Waals surface area contributed by atoms with Gasteiger partial charge in [0.2, 0.25) is 5.89 Å². The fourth-order valence-corrected chi connectivity index (χ4v) is 2.88. The molecule has 0 aliphatic carbocycles. The van der Waals surface area contributed by atoms with Crippen LogP contribution in [0.3, 0.4) is 0 Å². The molecule has 0 saturated heterocycles. The number of methoxy groups -OCH3 is 1. The van der Waals surface area contributed by atoms with Crippen molar-refractivity contribution in [2.75, 3.05) is 7.11 Å². The lowest BCUT2D eigenvalue weighted by molar-refractivity contribution is 0.415. The lowest BCUT2D eigenvalue weighted by Gasteiger charge is -2.09. The Morgan fingerprint density at radius 2 is 2.00 bits per heavy atom. The molecule has 0 saturated carbocycles. The molecule has 4 heteroatoms. The number of ether oxygens (including phenoxy) is 1. The highest BCUT2D eigenvalue weighted by Gasteiger charge is 2.20. The summed E-state index contributed by atoms with van der Waals surface area (Å²) in [6, 6.07) is 13.4. The summed E-state index contributed by atoms with van der Waals surface area (Å²) in [4.78, 5) is 4.54. The molecule has 106 valence electrons. The number of hydrogen-bond acceptors (Lipinski definition) is 4. The van der Waals surface area contributed by atoms with Gasteiger partial charge in [0.05, 0.1) is 29.8 Å². The van der Waals surface area contributed by atoms with Gasteiger partial charge >= 0.3 is 0 Å². The Bertz CT molecular complexity index is 1040. The Balaban J connectivity index is 2.17. The average Bonchev–Trinajstić information content (AvgIpc) is 2.92. The lowest BCUT2D eigenvalue weighted by atomic mass is 10.0. The number of nitrogens with zero attached hydrogens (tertiary/aromatic N) is 2. The van der Waals surface area contributed by atoms with E-state index in [2.05, 4.69) is 11.1 Å². The predicted molar refractivity (Wildman–Crippen MR) is 84.1 cm³/mol. The normalized spacial score (nSPS) is 11.1. The van der Waals surface area contributed by atoms with Crippen molar-refractivity contribution in [2.45, 2.75) is 6.92 Å². The third kappa shape index (κ3) is 1.66. The van der Waals surface area contributed by atoms with Crippen molar-refractivity contribution >= 4 is 21.9 Å². The number of aryl methyl sites for hydroxylation is 1. The first-order valence-corrected chi connectivity index (χ1v) is 6.92. The van der Waals surface area contributed by atoms with Crippen LogP contribution in [0.15, 0.2) is 40.8 Å². The Hall–Kier alpha value is -3.06. The average molecular weight is 288 g/mol. The predicted octanol–water partition coefficient (Wildman–Crippen LogP) is 4.27. The summed E-state index contributed by atoms with van der Waals surface area (Å²) in [5.74, 6) is 1.38. The molecule has 0 atom stereocenters. The van der Waals surface area contributed by atoms with E-state index in [-0.39, 0.29) is 0 Å². The first kappa shape index (κ1) is 12.7. The summed E-state index contributed by atoms with van der Waals surface area (Å²) < 4.78 is 11.2. The van der Waals surface area contributed by atoms with Crippen molar-refractivity contribution in [3.8, 4) is 23.3 Å². The Kier molecular flexibility index (Phi) is 2.57. The summed E-state index contributed by atoms with van der Waals surface area (Å²) in [7, 11) is 1.64. The maximum Gasteiger partial charge on any atom is 0.228 e. The zero-order valence-electron chi connectivity index (χ0n) is 12.2. The zero-order chi connectivity index (χ0) is 15.3. The minimum atomic E-state index is 0.597. The number of benzene rings is 2. The van der Waals surface area contributed by atoms with E-state index in [0.29, 0.717) is 11.5 Å². The number of aromatic nitrogens is 1. The summed E-state index contributed by atoms with van der Waals surface area (Å²) in [6.07, 6.45) is 0. The van der Waals surface area contributed by atoms with Gasteiger partial charge in [-0.15, -0.1) is 0 Å². The molecular weight excluding hydrogens is 276 g/mol. The zero-order valence-corrected chi connectivity index (χ0v) is 12.2. The van der Waals surface area contributed by atoms with Gasteiger partial charge in [-0.1, -0.05) is 0 Å². The molecule has 4 rings (SSSR count). The first-order chi connectivity index (χ1) is 10.7. The topological polar surface area (TPSA) is 59.1 Å². The van der Waals surface area contributed by atoms with Gasteiger partial charge in [-0.3, -0.25) is 0 Å². The van der Waals surface area contributed by atoms with E-state index in [9.17, 15) is 0 Å². The second-order valence-electron chi connectivity index (χ2n) is 5.22. The highest BCUT2D eigenvalue weighted by Crippen LogP contribution is 2.39. The third-order valence-corrected chi connectivity index (χ3v) is 4.00. The molecular formula is C18H12N2O2. The summed E-state index contributed by atoms with van der Waals surface area (Å²) >= 11 is 0. The number of nitriles is 1. The smallest absolute Gasteiger partial charge is 0.228 e. The second-order valence-corrected chi connectivity index (χ2v) is 5.22. The van der Waals surface area contributed by atoms with Crippen LogP contribution in [0, 0.1) is 18.3 Å². The van der Waals surface area contributed by atoms with Crippen molar-refractivity contribution < 1.29 is 9.15 Å². The minimum absolute atomic E-state index is 0.597. The molecule has 0 fully saturated rings. The van der Waals surface area contributed by atoms with E-state index < -0.39 is 0 Å². The standard InChI is InChI=1S/C18H12N2O2/c1-10-13-8-12(21-2)4-6-16(13)22-18-17(10)14-7-11(9-19)3-5-15(14)20-18/h3-8H,1-2H3. The van der Waals surface area contributed by atoms with Crippen molar-refractivity contribution in [1.82, 2.24) is 4.98 Å². The van der Waals surface area contributed by atoms with E-state index in [0.717, 1.165) is 38.7 Å². The molecule has 0 bridgehead atoms. The molecule has 0 unspecified atom stereocenters. The van der Waals surface area contributed by atoms with E-state index >= 15 is 0 Å². The van der Waals surface area contributed by atoms with Crippen molar-refractivity contribution in [1.29, 1.82) is 5.26 Å². The van der Waals surface area contributed by atoms with Crippen LogP contribution in [0.1, 0.15) is 11.1 Å². The van der Waals surface area contributed by atoms with Gasteiger partial charge in [0.1, 0.15) is 11.3 Å². The van der Waals surface area contributed by atoms with E-state index in [1.54, 1.807) is 13.2 Å². The minimum Gasteiger partial charge on any atom is -0.497 e. The van der Waals surface area contributed by atoms with Crippen LogP contribution in [0.25, 0.3) is 33.3 Å². The van der Waals surface area contributed by atoms with Crippen molar-refractivity contribution in [2.24, 2.45) is 0 Å². The van der Waals surface area contributed by atoms with Gasteiger partial charge in [-0.2, -0.15) is 5.26 Å². The molecule has 22 heavy (non-hydrogen) atoms. The van der Waals surface area contributed by atoms with Crippen LogP contribution < -0.4 is 4.74 Å². The maximum absolute atomic E-state index is 9.11. The molecule has 4 nitrogen and oxygen atoms in total. The Morgan fingerprint density at radius 1 is 1.14 bits per heavy atom. The monoisotopic (exact) mass is 288 g/mol. The van der Waals surface area contributed by atoms with Crippen LogP contribution in [-0.2, 0) is 0 Å². The molecule has 2 aliphatic heterocycles. The molecule has 0 radical (unpaired) electrons. The third-order valence-electron chi connectivity index (χ3n) is 4.00. The van der Waals surface area contributed by atoms with Crippen molar-refractivity contribution in [3.63, 3.8) is 0 Å². The van der Waals surface area contributed by atoms with Crippen LogP contribution in [0.2, 0.25) is 0 Å². The number of fused-ring (bicyclic) bond motifs is 4. The Morgan fingerprint density at radius 3 is 2.77 bits per heavy atom. The fraction of sp³-hybridized carbons (Fsp3) is 0.111. The van der Waals surface area contributed by atoms with Gasteiger partial charge in [-0.05, 0) is 48.9 Å². The summed E-state index contributed by atoms with van der Waals surface area (Å²) in [5.41, 5.74) is 4.25. The van der Waals surface area contributed by atoms with Crippen molar-refractivity contribution in [3.05, 3.63) is 47.5 Å². The van der Waals surface area contributed by atoms with Gasteiger partial charge in [-0.25, -0.2) is 4.98 Å². The second kappa shape index (κ2) is 4.47.